The highest BCUT2D eigenvalue weighted by Gasteiger charge is 2.39. The number of aromatic nitrogens is 1. The zero-order valence-corrected chi connectivity index (χ0v) is 25.0. The number of morpholine rings is 1. The second-order valence-corrected chi connectivity index (χ2v) is 13.0. The number of nitrogens with zero attached hydrogens (tertiary/aromatic N) is 2. The van der Waals surface area contributed by atoms with Crippen LogP contribution in [0, 0.1) is 0 Å². The first-order chi connectivity index (χ1) is 21.2. The monoisotopic (exact) mass is 620 g/mol. The molecule has 2 heterocycles. The molecule has 0 radical (unpaired) electrons. The van der Waals surface area contributed by atoms with Gasteiger partial charge >= 0.3 is 6.03 Å². The maximum atomic E-state index is 13.7. The lowest BCUT2D eigenvalue weighted by Gasteiger charge is -2.28. The minimum absolute atomic E-state index is 0.0132. The summed E-state index contributed by atoms with van der Waals surface area (Å²) in [6, 6.07) is 24.6. The zero-order chi connectivity index (χ0) is 31.0. The number of carbonyl (C=O) groups excluding carboxylic acids is 2. The Labute approximate surface area is 256 Å². The van der Waals surface area contributed by atoms with Crippen molar-refractivity contribution >= 4 is 32.9 Å². The SMILES string of the molecule is O=C(NCC(O)(CCc1ccccc1)c1nc2ccccc2o1)C(CNC(=O)N1CCOCC1)S(=O)(=O)Cc1ccccc1. The summed E-state index contributed by atoms with van der Waals surface area (Å²) < 4.78 is 38.4. The average molecular weight is 621 g/mol. The Bertz CT molecular complexity index is 1620. The fourth-order valence-electron chi connectivity index (χ4n) is 5.03. The van der Waals surface area contributed by atoms with E-state index >= 15 is 0 Å². The van der Waals surface area contributed by atoms with E-state index in [2.05, 4.69) is 15.6 Å². The Balaban J connectivity index is 1.36. The van der Waals surface area contributed by atoms with Gasteiger partial charge in [0.05, 0.1) is 25.5 Å². The van der Waals surface area contributed by atoms with E-state index < -0.39 is 44.9 Å². The predicted molar refractivity (Wildman–Crippen MR) is 164 cm³/mol. The molecule has 3 aromatic carbocycles. The molecule has 5 rings (SSSR count). The highest BCUT2D eigenvalue weighted by molar-refractivity contribution is 7.92. The van der Waals surface area contributed by atoms with E-state index in [0.29, 0.717) is 49.4 Å². The van der Waals surface area contributed by atoms with Crippen molar-refractivity contribution in [1.82, 2.24) is 20.5 Å². The molecule has 12 heteroatoms. The molecule has 0 bridgehead atoms. The topological polar surface area (TPSA) is 151 Å². The van der Waals surface area contributed by atoms with Crippen LogP contribution in [-0.2, 0) is 37.1 Å². The quantitative estimate of drug-likeness (QED) is 0.219. The van der Waals surface area contributed by atoms with E-state index in [1.165, 1.54) is 4.90 Å². The van der Waals surface area contributed by atoms with Crippen molar-refractivity contribution in [2.24, 2.45) is 0 Å². The second kappa shape index (κ2) is 14.0. The maximum Gasteiger partial charge on any atom is 0.317 e. The van der Waals surface area contributed by atoms with Crippen LogP contribution in [-0.4, -0.2) is 80.0 Å². The lowest BCUT2D eigenvalue weighted by molar-refractivity contribution is -0.122. The first kappa shape index (κ1) is 31.2. The second-order valence-electron chi connectivity index (χ2n) is 10.8. The first-order valence-electron chi connectivity index (χ1n) is 14.5. The van der Waals surface area contributed by atoms with Gasteiger partial charge in [0.1, 0.15) is 5.52 Å². The predicted octanol–water partition coefficient (Wildman–Crippen LogP) is 2.79. The van der Waals surface area contributed by atoms with Crippen LogP contribution in [0.15, 0.2) is 89.3 Å². The van der Waals surface area contributed by atoms with E-state index in [1.807, 2.05) is 30.3 Å². The van der Waals surface area contributed by atoms with E-state index in [-0.39, 0.29) is 18.9 Å². The summed E-state index contributed by atoms with van der Waals surface area (Å²) in [6.45, 7) is 0.668. The number of aliphatic hydroxyl groups is 1. The highest BCUT2D eigenvalue weighted by Crippen LogP contribution is 2.29. The zero-order valence-electron chi connectivity index (χ0n) is 24.2. The number of hydrogen-bond acceptors (Lipinski definition) is 8. The summed E-state index contributed by atoms with van der Waals surface area (Å²) in [6.07, 6.45) is 0.580. The van der Waals surface area contributed by atoms with Gasteiger partial charge in [-0.15, -0.1) is 0 Å². The van der Waals surface area contributed by atoms with Gasteiger partial charge in [-0.1, -0.05) is 72.8 Å². The molecule has 1 fully saturated rings. The Hall–Kier alpha value is -4.26. The van der Waals surface area contributed by atoms with Crippen molar-refractivity contribution in [3.8, 4) is 0 Å². The van der Waals surface area contributed by atoms with Crippen LogP contribution in [0.4, 0.5) is 4.79 Å². The number of aryl methyl sites for hydroxylation is 1. The first-order valence-corrected chi connectivity index (χ1v) is 16.2. The Morgan fingerprint density at radius 2 is 1.55 bits per heavy atom. The van der Waals surface area contributed by atoms with Gasteiger partial charge in [0.15, 0.2) is 26.3 Å². The molecule has 3 amide bonds. The van der Waals surface area contributed by atoms with Gasteiger partial charge in [-0.2, -0.15) is 0 Å². The lowest BCUT2D eigenvalue weighted by atomic mass is 9.94. The minimum Gasteiger partial charge on any atom is -0.437 e. The lowest BCUT2D eigenvalue weighted by Crippen LogP contribution is -2.53. The highest BCUT2D eigenvalue weighted by atomic mass is 32.2. The number of ether oxygens (including phenoxy) is 1. The van der Waals surface area contributed by atoms with E-state index in [4.69, 9.17) is 9.15 Å². The molecule has 232 valence electrons. The number of sulfone groups is 1. The molecular formula is C32H36N4O7S. The number of carbonyl (C=O) groups is 2. The summed E-state index contributed by atoms with van der Waals surface area (Å²) in [5, 5.41) is 15.5. The van der Waals surface area contributed by atoms with Gasteiger partial charge in [0.2, 0.25) is 11.8 Å². The van der Waals surface area contributed by atoms with Crippen molar-refractivity contribution in [1.29, 1.82) is 0 Å². The van der Waals surface area contributed by atoms with Crippen LogP contribution in [0.25, 0.3) is 11.1 Å². The summed E-state index contributed by atoms with van der Waals surface area (Å²) >= 11 is 0. The van der Waals surface area contributed by atoms with E-state index in [0.717, 1.165) is 5.56 Å². The summed E-state index contributed by atoms with van der Waals surface area (Å²) in [7, 11) is -4.10. The number of benzene rings is 3. The largest absolute Gasteiger partial charge is 0.437 e. The molecule has 2 atom stereocenters. The number of urea groups is 1. The van der Waals surface area contributed by atoms with Gasteiger partial charge < -0.3 is 29.8 Å². The molecule has 0 saturated carbocycles. The fraction of sp³-hybridized carbons (Fsp3) is 0.344. The molecule has 1 aliphatic rings. The van der Waals surface area contributed by atoms with Crippen LogP contribution >= 0.6 is 0 Å². The Morgan fingerprint density at radius 1 is 0.909 bits per heavy atom. The molecule has 1 saturated heterocycles. The third-order valence-corrected chi connectivity index (χ3v) is 9.57. The van der Waals surface area contributed by atoms with Crippen molar-refractivity contribution in [2.75, 3.05) is 39.4 Å². The summed E-state index contributed by atoms with van der Waals surface area (Å²) in [5.41, 5.74) is 0.732. The maximum absolute atomic E-state index is 13.7. The van der Waals surface area contributed by atoms with Gasteiger partial charge in [-0.3, -0.25) is 4.79 Å². The fourth-order valence-corrected chi connectivity index (χ4v) is 6.64. The van der Waals surface area contributed by atoms with Gasteiger partial charge in [-0.25, -0.2) is 18.2 Å². The molecule has 1 aliphatic heterocycles. The van der Waals surface area contributed by atoms with Gasteiger partial charge in [0.25, 0.3) is 0 Å². The number of nitrogens with one attached hydrogen (secondary N) is 2. The number of amides is 3. The Kier molecular flexibility index (Phi) is 9.93. The van der Waals surface area contributed by atoms with Crippen LogP contribution in [0.5, 0.6) is 0 Å². The van der Waals surface area contributed by atoms with Crippen LogP contribution in [0.1, 0.15) is 23.4 Å². The molecule has 11 nitrogen and oxygen atoms in total. The minimum atomic E-state index is -4.10. The van der Waals surface area contributed by atoms with Gasteiger partial charge in [-0.05, 0) is 36.1 Å². The molecular weight excluding hydrogens is 584 g/mol. The number of fused-ring (bicyclic) bond motifs is 1. The normalized spacial score (nSPS) is 15.8. The number of oxazole rings is 1. The van der Waals surface area contributed by atoms with Crippen LogP contribution < -0.4 is 10.6 Å². The molecule has 3 N–H and O–H groups in total. The Morgan fingerprint density at radius 3 is 2.23 bits per heavy atom. The van der Waals surface area contributed by atoms with Crippen molar-refractivity contribution in [3.63, 3.8) is 0 Å². The van der Waals surface area contributed by atoms with Crippen molar-refractivity contribution in [3.05, 3.63) is 102 Å². The third kappa shape index (κ3) is 7.81. The third-order valence-electron chi connectivity index (χ3n) is 7.59. The van der Waals surface area contributed by atoms with Crippen molar-refractivity contribution < 1.29 is 32.3 Å². The average Bonchev–Trinajstić information content (AvgIpc) is 3.49. The van der Waals surface area contributed by atoms with Crippen LogP contribution in [0.3, 0.4) is 0 Å². The smallest absolute Gasteiger partial charge is 0.317 e. The van der Waals surface area contributed by atoms with Gasteiger partial charge in [0, 0.05) is 19.6 Å². The standard InChI is InChI=1S/C32H36N4O7S/c37-29(28(21-33-31(38)36-17-19-42-20-18-36)44(40,41)22-25-11-5-2-6-12-25)34-23-32(39,16-15-24-9-3-1-4-10-24)30-35-26-13-7-8-14-27(26)43-30/h1-14,28,39H,15-23H2,(H,33,38)(H,34,37). The number of hydrogen-bond donors (Lipinski definition) is 3. The summed E-state index contributed by atoms with van der Waals surface area (Å²) in [5.74, 6) is -1.24. The molecule has 0 spiro atoms. The number of rotatable bonds is 12. The van der Waals surface area contributed by atoms with E-state index in [9.17, 15) is 23.1 Å². The van der Waals surface area contributed by atoms with Crippen molar-refractivity contribution in [2.45, 2.75) is 29.4 Å². The van der Waals surface area contributed by atoms with Crippen LogP contribution in [0.2, 0.25) is 0 Å². The van der Waals surface area contributed by atoms with E-state index in [1.54, 1.807) is 54.6 Å². The molecule has 44 heavy (non-hydrogen) atoms. The molecule has 2 unspecified atom stereocenters. The number of para-hydroxylation sites is 2. The molecule has 1 aromatic heterocycles. The summed E-state index contributed by atoms with van der Waals surface area (Å²) in [4.78, 5) is 32.4. The molecule has 0 aliphatic carbocycles. The molecule has 4 aromatic rings.